The van der Waals surface area contributed by atoms with Gasteiger partial charge in [-0.25, -0.2) is 0 Å². The predicted molar refractivity (Wildman–Crippen MR) is 85.1 cm³/mol. The third-order valence-electron chi connectivity index (χ3n) is 4.32. The maximum absolute atomic E-state index is 5.61. The highest BCUT2D eigenvalue weighted by Gasteiger charge is 2.37. The molecule has 0 spiro atoms. The topological polar surface area (TPSA) is 90.3 Å². The SMILES string of the molecule is CO[C@@H]1C[C@H](c2nnc(C)o2)N(Cc2nc(CCC(C)C)no2)C1. The molecule has 132 valence electrons. The van der Waals surface area contributed by atoms with E-state index in [-0.39, 0.29) is 12.1 Å². The van der Waals surface area contributed by atoms with Gasteiger partial charge in [-0.2, -0.15) is 4.98 Å². The van der Waals surface area contributed by atoms with Crippen LogP contribution >= 0.6 is 0 Å². The molecule has 0 aliphatic carbocycles. The second-order valence-corrected chi connectivity index (χ2v) is 6.73. The number of ether oxygens (including phenoxy) is 1. The first-order valence-electron chi connectivity index (χ1n) is 8.43. The van der Waals surface area contributed by atoms with E-state index >= 15 is 0 Å². The normalized spacial score (nSPS) is 21.9. The quantitative estimate of drug-likeness (QED) is 0.761. The number of hydrogen-bond acceptors (Lipinski definition) is 8. The Kier molecular flexibility index (Phi) is 5.25. The summed E-state index contributed by atoms with van der Waals surface area (Å²) in [6, 6.07) is 0.0159. The van der Waals surface area contributed by atoms with Gasteiger partial charge in [-0.3, -0.25) is 4.90 Å². The van der Waals surface area contributed by atoms with E-state index in [4.69, 9.17) is 13.7 Å². The number of likely N-dealkylation sites (tertiary alicyclic amines) is 1. The monoisotopic (exact) mass is 335 g/mol. The van der Waals surface area contributed by atoms with Crippen LogP contribution in [-0.4, -0.2) is 45.0 Å². The number of aryl methyl sites for hydroxylation is 2. The first-order chi connectivity index (χ1) is 11.5. The van der Waals surface area contributed by atoms with E-state index < -0.39 is 0 Å². The van der Waals surface area contributed by atoms with Crippen molar-refractivity contribution >= 4 is 0 Å². The number of hydrogen-bond donors (Lipinski definition) is 0. The fourth-order valence-corrected chi connectivity index (χ4v) is 2.96. The molecule has 2 aromatic rings. The predicted octanol–water partition coefficient (Wildman–Crippen LogP) is 2.31. The van der Waals surface area contributed by atoms with Gasteiger partial charge in [0.2, 0.25) is 17.7 Å². The zero-order chi connectivity index (χ0) is 17.1. The Morgan fingerprint density at radius 2 is 2.17 bits per heavy atom. The summed E-state index contributed by atoms with van der Waals surface area (Å²) in [7, 11) is 1.72. The van der Waals surface area contributed by atoms with Crippen LogP contribution in [0.1, 0.15) is 56.2 Å². The molecule has 0 aromatic carbocycles. The van der Waals surface area contributed by atoms with E-state index in [0.717, 1.165) is 31.6 Å². The molecule has 0 radical (unpaired) electrons. The minimum atomic E-state index is 0.0159. The number of aromatic nitrogens is 4. The van der Waals surface area contributed by atoms with Gasteiger partial charge < -0.3 is 13.7 Å². The van der Waals surface area contributed by atoms with Crippen LogP contribution in [0.5, 0.6) is 0 Å². The molecule has 0 amide bonds. The largest absolute Gasteiger partial charge is 0.424 e. The summed E-state index contributed by atoms with van der Waals surface area (Å²) in [6.07, 6.45) is 2.84. The molecule has 0 unspecified atom stereocenters. The highest BCUT2D eigenvalue weighted by atomic mass is 16.5. The summed E-state index contributed by atoms with van der Waals surface area (Å²) < 4.78 is 16.5. The van der Waals surface area contributed by atoms with Crippen LogP contribution in [0, 0.1) is 12.8 Å². The Labute approximate surface area is 141 Å². The molecule has 0 bridgehead atoms. The maximum atomic E-state index is 5.61. The summed E-state index contributed by atoms with van der Waals surface area (Å²) in [5, 5.41) is 12.2. The van der Waals surface area contributed by atoms with Gasteiger partial charge in [-0.05, 0) is 18.8 Å². The lowest BCUT2D eigenvalue weighted by molar-refractivity contribution is 0.105. The fourth-order valence-electron chi connectivity index (χ4n) is 2.96. The molecule has 1 aliphatic heterocycles. The van der Waals surface area contributed by atoms with Crippen molar-refractivity contribution in [2.45, 2.75) is 58.7 Å². The van der Waals surface area contributed by atoms with Crippen LogP contribution in [0.3, 0.4) is 0 Å². The number of rotatable bonds is 7. The average molecular weight is 335 g/mol. The minimum absolute atomic E-state index is 0.0159. The highest BCUT2D eigenvalue weighted by molar-refractivity contribution is 4.99. The van der Waals surface area contributed by atoms with Crippen molar-refractivity contribution in [1.82, 2.24) is 25.2 Å². The van der Waals surface area contributed by atoms with Gasteiger partial charge in [0.05, 0.1) is 18.7 Å². The summed E-state index contributed by atoms with van der Waals surface area (Å²) in [6.45, 7) is 7.50. The van der Waals surface area contributed by atoms with Crippen molar-refractivity contribution in [3.63, 3.8) is 0 Å². The van der Waals surface area contributed by atoms with Gasteiger partial charge in [0, 0.05) is 27.0 Å². The second-order valence-electron chi connectivity index (χ2n) is 6.73. The third kappa shape index (κ3) is 3.99. The van der Waals surface area contributed by atoms with Gasteiger partial charge in [0.1, 0.15) is 0 Å². The molecular weight excluding hydrogens is 310 g/mol. The highest BCUT2D eigenvalue weighted by Crippen LogP contribution is 2.33. The summed E-state index contributed by atoms with van der Waals surface area (Å²) in [5.74, 6) is 3.20. The van der Waals surface area contributed by atoms with Crippen molar-refractivity contribution in [3.8, 4) is 0 Å². The van der Waals surface area contributed by atoms with E-state index in [2.05, 4.69) is 39.1 Å². The molecule has 0 N–H and O–H groups in total. The first kappa shape index (κ1) is 17.0. The standard InChI is InChI=1S/C16H25N5O3/c1-10(2)5-6-14-17-15(24-20-14)9-21-8-12(22-4)7-13(21)16-19-18-11(3)23-16/h10,12-13H,5-9H2,1-4H3/t12-,13-/m1/s1. The van der Waals surface area contributed by atoms with E-state index in [9.17, 15) is 0 Å². The summed E-state index contributed by atoms with van der Waals surface area (Å²) in [5.41, 5.74) is 0. The van der Waals surface area contributed by atoms with Gasteiger partial charge >= 0.3 is 0 Å². The fraction of sp³-hybridized carbons (Fsp3) is 0.750. The van der Waals surface area contributed by atoms with Crippen LogP contribution in [-0.2, 0) is 17.7 Å². The van der Waals surface area contributed by atoms with Crippen molar-refractivity contribution in [3.05, 3.63) is 23.5 Å². The molecule has 1 saturated heterocycles. The Morgan fingerprint density at radius 3 is 2.83 bits per heavy atom. The van der Waals surface area contributed by atoms with Gasteiger partial charge in [-0.15, -0.1) is 10.2 Å². The molecule has 3 heterocycles. The lowest BCUT2D eigenvalue weighted by Crippen LogP contribution is -2.25. The molecule has 0 saturated carbocycles. The van der Waals surface area contributed by atoms with Crippen molar-refractivity contribution in [2.75, 3.05) is 13.7 Å². The number of nitrogens with zero attached hydrogens (tertiary/aromatic N) is 5. The van der Waals surface area contributed by atoms with Gasteiger partial charge in [-0.1, -0.05) is 19.0 Å². The van der Waals surface area contributed by atoms with E-state index in [1.54, 1.807) is 14.0 Å². The molecule has 24 heavy (non-hydrogen) atoms. The lowest BCUT2D eigenvalue weighted by Gasteiger charge is -2.18. The minimum Gasteiger partial charge on any atom is -0.424 e. The molecule has 2 aromatic heterocycles. The van der Waals surface area contributed by atoms with Crippen molar-refractivity contribution < 1.29 is 13.7 Å². The Bertz CT molecular complexity index is 654. The van der Waals surface area contributed by atoms with E-state index in [1.165, 1.54) is 0 Å². The molecule has 1 fully saturated rings. The molecule has 2 atom stereocenters. The number of methoxy groups -OCH3 is 1. The van der Waals surface area contributed by atoms with Gasteiger partial charge in [0.25, 0.3) is 0 Å². The first-order valence-corrected chi connectivity index (χ1v) is 8.43. The maximum Gasteiger partial charge on any atom is 0.240 e. The smallest absolute Gasteiger partial charge is 0.240 e. The molecule has 3 rings (SSSR count). The lowest BCUT2D eigenvalue weighted by atomic mass is 10.1. The van der Waals surface area contributed by atoms with E-state index in [0.29, 0.717) is 30.1 Å². The molecule has 8 nitrogen and oxygen atoms in total. The molecule has 8 heteroatoms. The van der Waals surface area contributed by atoms with Crippen LogP contribution < -0.4 is 0 Å². The van der Waals surface area contributed by atoms with E-state index in [1.807, 2.05) is 0 Å². The van der Waals surface area contributed by atoms with Crippen molar-refractivity contribution in [1.29, 1.82) is 0 Å². The van der Waals surface area contributed by atoms with Crippen LogP contribution in [0.4, 0.5) is 0 Å². The summed E-state index contributed by atoms with van der Waals surface area (Å²) in [4.78, 5) is 6.70. The van der Waals surface area contributed by atoms with Crippen LogP contribution in [0.15, 0.2) is 8.94 Å². The zero-order valence-corrected chi connectivity index (χ0v) is 14.7. The van der Waals surface area contributed by atoms with Gasteiger partial charge in [0.15, 0.2) is 5.82 Å². The Morgan fingerprint density at radius 1 is 1.33 bits per heavy atom. The summed E-state index contributed by atoms with van der Waals surface area (Å²) >= 11 is 0. The van der Waals surface area contributed by atoms with Crippen LogP contribution in [0.2, 0.25) is 0 Å². The zero-order valence-electron chi connectivity index (χ0n) is 14.7. The average Bonchev–Trinajstić information content (AvgIpc) is 3.25. The molecular formula is C16H25N5O3. The third-order valence-corrected chi connectivity index (χ3v) is 4.32. The van der Waals surface area contributed by atoms with Crippen molar-refractivity contribution in [2.24, 2.45) is 5.92 Å². The Hall–Kier alpha value is -1.80. The van der Waals surface area contributed by atoms with Crippen LogP contribution in [0.25, 0.3) is 0 Å². The Balaban J connectivity index is 1.67. The second kappa shape index (κ2) is 7.40. The molecule has 1 aliphatic rings.